The maximum Gasteiger partial charge on any atom is 0.223 e. The van der Waals surface area contributed by atoms with Crippen LogP contribution in [-0.4, -0.2) is 20.9 Å². The third-order valence-electron chi connectivity index (χ3n) is 5.64. The minimum absolute atomic E-state index is 0.238. The maximum atomic E-state index is 11.4. The lowest BCUT2D eigenvalue weighted by atomic mass is 9.86. The van der Waals surface area contributed by atoms with Crippen molar-refractivity contribution in [1.29, 1.82) is 0 Å². The molecule has 0 unspecified atom stereocenters. The zero-order valence-electron chi connectivity index (χ0n) is 18.4. The molecule has 8 heteroatoms. The number of nitrogens with zero attached hydrogens (tertiary/aromatic N) is 3. The number of primary amides is 1. The number of carbonyl (C=O) groups excluding carboxylic acids is 1. The molecule has 0 atom stereocenters. The molecule has 0 fully saturated rings. The number of unbranched alkanes of at least 4 members (excludes halogenated alkanes) is 1. The molecule has 32 heavy (non-hydrogen) atoms. The fraction of sp³-hybridized carbons (Fsp3) is 0.333. The summed E-state index contributed by atoms with van der Waals surface area (Å²) in [6.45, 7) is 4.51. The third kappa shape index (κ3) is 5.37. The number of benzene rings is 1. The van der Waals surface area contributed by atoms with Crippen LogP contribution in [0.1, 0.15) is 44.4 Å². The molecule has 0 saturated heterocycles. The van der Waals surface area contributed by atoms with Gasteiger partial charge in [0.1, 0.15) is 5.03 Å². The van der Waals surface area contributed by atoms with Crippen molar-refractivity contribution in [3.63, 3.8) is 0 Å². The Labute approximate surface area is 192 Å². The molecule has 0 aliphatic carbocycles. The third-order valence-corrected chi connectivity index (χ3v) is 6.71. The number of hydrogen-bond acceptors (Lipinski definition) is 7. The van der Waals surface area contributed by atoms with Crippen LogP contribution >= 0.6 is 11.8 Å². The van der Waals surface area contributed by atoms with Gasteiger partial charge in [-0.2, -0.15) is 0 Å². The molecule has 0 spiro atoms. The average Bonchev–Trinajstić information content (AvgIpc) is 2.79. The number of anilines is 3. The second-order valence-corrected chi connectivity index (χ2v) is 9.65. The molecule has 166 valence electrons. The summed E-state index contributed by atoms with van der Waals surface area (Å²) in [6.07, 6.45) is 8.92. The molecule has 3 heterocycles. The van der Waals surface area contributed by atoms with Gasteiger partial charge in [0.25, 0.3) is 0 Å². The Morgan fingerprint density at radius 1 is 1.12 bits per heavy atom. The van der Waals surface area contributed by atoms with E-state index in [2.05, 4.69) is 55.9 Å². The first-order chi connectivity index (χ1) is 15.4. The first kappa shape index (κ1) is 22.1. The van der Waals surface area contributed by atoms with E-state index < -0.39 is 5.41 Å². The van der Waals surface area contributed by atoms with Gasteiger partial charge in [0, 0.05) is 34.9 Å². The average molecular weight is 449 g/mol. The number of amides is 1. The van der Waals surface area contributed by atoms with Gasteiger partial charge in [-0.1, -0.05) is 38.1 Å². The molecule has 0 radical (unpaired) electrons. The van der Waals surface area contributed by atoms with Gasteiger partial charge in [-0.25, -0.2) is 9.97 Å². The van der Waals surface area contributed by atoms with Crippen molar-refractivity contribution in [3.05, 3.63) is 60.2 Å². The van der Waals surface area contributed by atoms with Crippen LogP contribution in [0, 0.1) is 5.41 Å². The summed E-state index contributed by atoms with van der Waals surface area (Å²) < 4.78 is 0. The highest BCUT2D eigenvalue weighted by Crippen LogP contribution is 2.42. The molecule has 1 amide bonds. The van der Waals surface area contributed by atoms with E-state index in [1.165, 1.54) is 5.56 Å². The van der Waals surface area contributed by atoms with Crippen molar-refractivity contribution in [3.8, 4) is 0 Å². The van der Waals surface area contributed by atoms with Crippen molar-refractivity contribution in [2.75, 3.05) is 10.6 Å². The van der Waals surface area contributed by atoms with Crippen molar-refractivity contribution in [2.24, 2.45) is 11.1 Å². The number of pyridine rings is 1. The highest BCUT2D eigenvalue weighted by molar-refractivity contribution is 7.99. The molecule has 1 aliphatic rings. The lowest BCUT2D eigenvalue weighted by Gasteiger charge is -2.19. The monoisotopic (exact) mass is 448 g/mol. The standard InChI is InChI=1S/C24H28N6OS/c1-24(2,23(25)31)10-4-3-5-17-7-8-18(15-29-17)28-14-16-6-9-20-19(13-16)30-21-22(32-20)27-12-11-26-21/h6-9,11-13,15,28H,3-5,10,14H2,1-2H3,(H2,25,31)(H,26,30). The van der Waals surface area contributed by atoms with E-state index in [4.69, 9.17) is 5.73 Å². The van der Waals surface area contributed by atoms with Gasteiger partial charge >= 0.3 is 0 Å². The van der Waals surface area contributed by atoms with Gasteiger partial charge in [0.2, 0.25) is 5.91 Å². The fourth-order valence-corrected chi connectivity index (χ4v) is 4.35. The quantitative estimate of drug-likeness (QED) is 0.312. The van der Waals surface area contributed by atoms with Gasteiger partial charge in [0.05, 0.1) is 17.6 Å². The Morgan fingerprint density at radius 3 is 2.75 bits per heavy atom. The SMILES string of the molecule is CC(C)(CCCCc1ccc(NCc2ccc3c(c2)Nc2nccnc2S3)cn1)C(N)=O. The Kier molecular flexibility index (Phi) is 6.60. The fourth-order valence-electron chi connectivity index (χ4n) is 3.47. The van der Waals surface area contributed by atoms with Crippen LogP contribution in [0.15, 0.2) is 58.8 Å². The number of rotatable bonds is 9. The van der Waals surface area contributed by atoms with Crippen molar-refractivity contribution >= 4 is 34.9 Å². The van der Waals surface area contributed by atoms with Gasteiger partial charge in [-0.15, -0.1) is 0 Å². The number of nitrogens with two attached hydrogens (primary N) is 1. The molecule has 2 aromatic heterocycles. The molecule has 7 nitrogen and oxygen atoms in total. The zero-order chi connectivity index (χ0) is 22.6. The zero-order valence-corrected chi connectivity index (χ0v) is 19.2. The summed E-state index contributed by atoms with van der Waals surface area (Å²) >= 11 is 1.63. The van der Waals surface area contributed by atoms with E-state index in [1.54, 1.807) is 24.2 Å². The Bertz CT molecular complexity index is 1100. The summed E-state index contributed by atoms with van der Waals surface area (Å²) in [6, 6.07) is 10.5. The minimum atomic E-state index is -0.442. The van der Waals surface area contributed by atoms with Gasteiger partial charge < -0.3 is 16.4 Å². The van der Waals surface area contributed by atoms with Gasteiger partial charge in [-0.05, 0) is 49.1 Å². The van der Waals surface area contributed by atoms with Crippen LogP contribution in [0.25, 0.3) is 0 Å². The summed E-state index contributed by atoms with van der Waals surface area (Å²) in [5, 5.41) is 7.70. The van der Waals surface area contributed by atoms with Crippen molar-refractivity contribution in [2.45, 2.75) is 56.0 Å². The van der Waals surface area contributed by atoms with Crippen LogP contribution in [0.4, 0.5) is 17.2 Å². The Hall–Kier alpha value is -3.13. The molecule has 4 N–H and O–H groups in total. The highest BCUT2D eigenvalue weighted by atomic mass is 32.2. The predicted octanol–water partition coefficient (Wildman–Crippen LogP) is 4.92. The van der Waals surface area contributed by atoms with E-state index in [-0.39, 0.29) is 5.91 Å². The molecular formula is C24H28N6OS. The van der Waals surface area contributed by atoms with Gasteiger partial charge in [0.15, 0.2) is 5.82 Å². The Balaban J connectivity index is 1.27. The van der Waals surface area contributed by atoms with Crippen LogP contribution in [0.5, 0.6) is 0 Å². The Morgan fingerprint density at radius 2 is 1.97 bits per heavy atom. The van der Waals surface area contributed by atoms with E-state index in [0.717, 1.165) is 58.5 Å². The highest BCUT2D eigenvalue weighted by Gasteiger charge is 2.23. The maximum absolute atomic E-state index is 11.4. The molecule has 4 rings (SSSR count). The van der Waals surface area contributed by atoms with E-state index >= 15 is 0 Å². The predicted molar refractivity (Wildman–Crippen MR) is 128 cm³/mol. The van der Waals surface area contributed by atoms with Crippen LogP contribution in [-0.2, 0) is 17.8 Å². The molecule has 3 aromatic rings. The number of hydrogen-bond donors (Lipinski definition) is 3. The molecule has 0 saturated carbocycles. The second-order valence-electron chi connectivity index (χ2n) is 8.61. The first-order valence-electron chi connectivity index (χ1n) is 10.8. The van der Waals surface area contributed by atoms with Crippen LogP contribution < -0.4 is 16.4 Å². The number of aromatic nitrogens is 3. The summed E-state index contributed by atoms with van der Waals surface area (Å²) in [5.41, 5.74) is 9.26. The lowest BCUT2D eigenvalue weighted by Crippen LogP contribution is -2.31. The summed E-state index contributed by atoms with van der Waals surface area (Å²) in [7, 11) is 0. The van der Waals surface area contributed by atoms with E-state index in [0.29, 0.717) is 6.54 Å². The number of aryl methyl sites for hydroxylation is 1. The summed E-state index contributed by atoms with van der Waals surface area (Å²) in [4.78, 5) is 25.8. The smallest absolute Gasteiger partial charge is 0.223 e. The van der Waals surface area contributed by atoms with E-state index in [9.17, 15) is 4.79 Å². The largest absolute Gasteiger partial charge is 0.380 e. The van der Waals surface area contributed by atoms with Crippen molar-refractivity contribution in [1.82, 2.24) is 15.0 Å². The van der Waals surface area contributed by atoms with Crippen LogP contribution in [0.2, 0.25) is 0 Å². The number of carbonyl (C=O) groups is 1. The topological polar surface area (TPSA) is 106 Å². The molecule has 1 aromatic carbocycles. The van der Waals surface area contributed by atoms with E-state index in [1.807, 2.05) is 20.0 Å². The molecular weight excluding hydrogens is 420 g/mol. The first-order valence-corrected chi connectivity index (χ1v) is 11.6. The van der Waals surface area contributed by atoms with Gasteiger partial charge in [-0.3, -0.25) is 9.78 Å². The lowest BCUT2D eigenvalue weighted by molar-refractivity contribution is -0.126. The van der Waals surface area contributed by atoms with Crippen molar-refractivity contribution < 1.29 is 4.79 Å². The minimum Gasteiger partial charge on any atom is -0.380 e. The number of nitrogens with one attached hydrogen (secondary N) is 2. The summed E-state index contributed by atoms with van der Waals surface area (Å²) in [5.74, 6) is 0.561. The van der Waals surface area contributed by atoms with Crippen LogP contribution in [0.3, 0.4) is 0 Å². The second kappa shape index (κ2) is 9.56. The normalized spacial score (nSPS) is 12.4. The molecule has 0 bridgehead atoms. The number of fused-ring (bicyclic) bond motifs is 2. The molecule has 1 aliphatic heterocycles.